The number of methoxy groups -OCH3 is 1. The first-order valence-corrected chi connectivity index (χ1v) is 7.79. The van der Waals surface area contributed by atoms with Gasteiger partial charge in [-0.2, -0.15) is 0 Å². The molecule has 0 amide bonds. The predicted octanol–water partition coefficient (Wildman–Crippen LogP) is 1.73. The average molecular weight is 262 g/mol. The van der Waals surface area contributed by atoms with Gasteiger partial charge in [-0.05, 0) is 33.1 Å². The molecule has 0 aromatic carbocycles. The van der Waals surface area contributed by atoms with Gasteiger partial charge in [-0.1, -0.05) is 6.42 Å². The van der Waals surface area contributed by atoms with Gasteiger partial charge in [-0.25, -0.2) is 8.42 Å². The van der Waals surface area contributed by atoms with Crippen LogP contribution in [0.1, 0.15) is 46.0 Å². The van der Waals surface area contributed by atoms with Gasteiger partial charge in [0.2, 0.25) is 0 Å². The molecule has 1 unspecified atom stereocenters. The van der Waals surface area contributed by atoms with Crippen molar-refractivity contribution >= 4 is 15.6 Å². The van der Waals surface area contributed by atoms with Crippen molar-refractivity contribution in [3.05, 3.63) is 0 Å². The molecule has 1 atom stereocenters. The van der Waals surface area contributed by atoms with E-state index in [2.05, 4.69) is 0 Å². The van der Waals surface area contributed by atoms with Crippen LogP contribution in [-0.2, 0) is 19.4 Å². The number of sulfone groups is 1. The first kappa shape index (κ1) is 14.6. The Balaban J connectivity index is 2.58. The third-order valence-electron chi connectivity index (χ3n) is 3.46. The maximum absolute atomic E-state index is 11.9. The lowest BCUT2D eigenvalue weighted by molar-refractivity contribution is -0.120. The molecule has 1 rings (SSSR count). The quantitative estimate of drug-likeness (QED) is 0.757. The highest BCUT2D eigenvalue weighted by Gasteiger charge is 2.34. The number of rotatable bonds is 5. The molecule has 0 aromatic heterocycles. The number of hydrogen-bond donors (Lipinski definition) is 0. The van der Waals surface area contributed by atoms with Gasteiger partial charge in [-0.15, -0.1) is 0 Å². The summed E-state index contributed by atoms with van der Waals surface area (Å²) < 4.78 is 28.8. The zero-order valence-electron chi connectivity index (χ0n) is 10.9. The minimum atomic E-state index is -3.19. The van der Waals surface area contributed by atoms with E-state index < -0.39 is 15.1 Å². The molecule has 100 valence electrons. The number of carbonyl (C=O) groups excluding carboxylic acids is 1. The number of hydrogen-bond acceptors (Lipinski definition) is 4. The van der Waals surface area contributed by atoms with Crippen LogP contribution in [-0.4, -0.2) is 37.9 Å². The molecule has 0 bridgehead atoms. The SMILES string of the molecule is COC(C)(C)CCC(=O)C1CCCCS1(=O)=O. The maximum Gasteiger partial charge on any atom is 0.160 e. The zero-order chi connectivity index (χ0) is 13.1. The summed E-state index contributed by atoms with van der Waals surface area (Å²) in [5, 5.41) is -0.760. The van der Waals surface area contributed by atoms with Gasteiger partial charge in [-0.3, -0.25) is 4.79 Å². The summed E-state index contributed by atoms with van der Waals surface area (Å²) >= 11 is 0. The first-order chi connectivity index (χ1) is 7.78. The van der Waals surface area contributed by atoms with Crippen molar-refractivity contribution in [1.29, 1.82) is 0 Å². The van der Waals surface area contributed by atoms with Crippen molar-refractivity contribution < 1.29 is 17.9 Å². The minimum Gasteiger partial charge on any atom is -0.379 e. The van der Waals surface area contributed by atoms with E-state index in [1.807, 2.05) is 13.8 Å². The van der Waals surface area contributed by atoms with Crippen LogP contribution < -0.4 is 0 Å². The fourth-order valence-corrected chi connectivity index (χ4v) is 3.94. The molecule has 17 heavy (non-hydrogen) atoms. The van der Waals surface area contributed by atoms with Gasteiger partial charge >= 0.3 is 0 Å². The molecule has 5 heteroatoms. The molecule has 0 saturated carbocycles. The molecule has 4 nitrogen and oxygen atoms in total. The summed E-state index contributed by atoms with van der Waals surface area (Å²) in [6.45, 7) is 3.80. The van der Waals surface area contributed by atoms with Crippen LogP contribution in [0.15, 0.2) is 0 Å². The topological polar surface area (TPSA) is 60.4 Å². The van der Waals surface area contributed by atoms with E-state index in [0.717, 1.165) is 6.42 Å². The standard InChI is InChI=1S/C12H22O4S/c1-12(2,16-3)8-7-10(13)11-6-4-5-9-17(11,14)15/h11H,4-9H2,1-3H3. The Hall–Kier alpha value is -0.420. The summed E-state index contributed by atoms with van der Waals surface area (Å²) in [4.78, 5) is 11.9. The second-order valence-corrected chi connectivity index (χ2v) is 7.58. The Morgan fingerprint density at radius 1 is 1.35 bits per heavy atom. The second kappa shape index (κ2) is 5.48. The second-order valence-electron chi connectivity index (χ2n) is 5.28. The van der Waals surface area contributed by atoms with Crippen molar-refractivity contribution in [3.8, 4) is 0 Å². The normalized spacial score (nSPS) is 24.5. The van der Waals surface area contributed by atoms with Gasteiger partial charge in [0.05, 0.1) is 11.4 Å². The van der Waals surface area contributed by atoms with E-state index in [-0.39, 0.29) is 23.6 Å². The van der Waals surface area contributed by atoms with Crippen molar-refractivity contribution in [2.24, 2.45) is 0 Å². The van der Waals surface area contributed by atoms with Gasteiger partial charge in [0.15, 0.2) is 15.6 Å². The number of carbonyl (C=O) groups is 1. The van der Waals surface area contributed by atoms with Crippen molar-refractivity contribution in [1.82, 2.24) is 0 Å². The Morgan fingerprint density at radius 3 is 2.53 bits per heavy atom. The highest BCUT2D eigenvalue weighted by molar-refractivity contribution is 7.92. The summed E-state index contributed by atoms with van der Waals surface area (Å²) in [6.07, 6.45) is 2.87. The van der Waals surface area contributed by atoms with Crippen LogP contribution in [0.2, 0.25) is 0 Å². The number of Topliss-reactive ketones (excluding diaryl/α,β-unsaturated/α-hetero) is 1. The summed E-state index contributed by atoms with van der Waals surface area (Å²) in [6, 6.07) is 0. The van der Waals surface area contributed by atoms with Crippen LogP contribution in [0.25, 0.3) is 0 Å². The lowest BCUT2D eigenvalue weighted by Gasteiger charge is -2.25. The van der Waals surface area contributed by atoms with Crippen molar-refractivity contribution in [2.45, 2.75) is 56.8 Å². The molecule has 1 saturated heterocycles. The molecule has 1 heterocycles. The van der Waals surface area contributed by atoms with E-state index in [9.17, 15) is 13.2 Å². The molecule has 0 radical (unpaired) electrons. The Bertz CT molecular complexity index is 370. The zero-order valence-corrected chi connectivity index (χ0v) is 11.7. The van der Waals surface area contributed by atoms with Crippen LogP contribution in [0.5, 0.6) is 0 Å². The molecule has 1 aliphatic heterocycles. The van der Waals surface area contributed by atoms with E-state index >= 15 is 0 Å². The van der Waals surface area contributed by atoms with Crippen LogP contribution in [0, 0.1) is 0 Å². The third-order valence-corrected chi connectivity index (χ3v) is 5.69. The summed E-state index contributed by atoms with van der Waals surface area (Å²) in [5.41, 5.74) is -0.367. The van der Waals surface area contributed by atoms with Crippen LogP contribution in [0.4, 0.5) is 0 Å². The monoisotopic (exact) mass is 262 g/mol. The molecule has 1 fully saturated rings. The lowest BCUT2D eigenvalue weighted by Crippen LogP contribution is -2.36. The summed E-state index contributed by atoms with van der Waals surface area (Å²) in [7, 11) is -1.59. The van der Waals surface area contributed by atoms with Gasteiger partial charge in [0.25, 0.3) is 0 Å². The molecule has 0 spiro atoms. The van der Waals surface area contributed by atoms with Gasteiger partial charge in [0.1, 0.15) is 5.25 Å². The Morgan fingerprint density at radius 2 is 2.00 bits per heavy atom. The fourth-order valence-electron chi connectivity index (χ4n) is 2.00. The molecule has 0 aromatic rings. The molecule has 0 N–H and O–H groups in total. The van der Waals surface area contributed by atoms with Crippen LogP contribution in [0.3, 0.4) is 0 Å². The van der Waals surface area contributed by atoms with Crippen molar-refractivity contribution in [2.75, 3.05) is 12.9 Å². The smallest absolute Gasteiger partial charge is 0.160 e. The Kier molecular flexibility index (Phi) is 4.72. The third kappa shape index (κ3) is 4.07. The molecule has 1 aliphatic rings. The maximum atomic E-state index is 11.9. The fraction of sp³-hybridized carbons (Fsp3) is 0.917. The molecular formula is C12H22O4S. The van der Waals surface area contributed by atoms with Gasteiger partial charge < -0.3 is 4.74 Å². The minimum absolute atomic E-state index is 0.144. The lowest BCUT2D eigenvalue weighted by atomic mass is 9.98. The first-order valence-electron chi connectivity index (χ1n) is 6.08. The largest absolute Gasteiger partial charge is 0.379 e. The highest BCUT2D eigenvalue weighted by Crippen LogP contribution is 2.24. The van der Waals surface area contributed by atoms with Crippen molar-refractivity contribution in [3.63, 3.8) is 0 Å². The summed E-state index contributed by atoms with van der Waals surface area (Å²) in [5.74, 6) is 0.0201. The van der Waals surface area contributed by atoms with Crippen LogP contribution >= 0.6 is 0 Å². The predicted molar refractivity (Wildman–Crippen MR) is 66.8 cm³/mol. The average Bonchev–Trinajstić information content (AvgIpc) is 2.25. The molecular weight excluding hydrogens is 240 g/mol. The van der Waals surface area contributed by atoms with E-state index in [4.69, 9.17) is 4.74 Å². The van der Waals surface area contributed by atoms with E-state index in [0.29, 0.717) is 19.3 Å². The number of ketones is 1. The number of ether oxygens (including phenoxy) is 1. The van der Waals surface area contributed by atoms with E-state index in [1.54, 1.807) is 7.11 Å². The van der Waals surface area contributed by atoms with Gasteiger partial charge in [0, 0.05) is 13.5 Å². The van der Waals surface area contributed by atoms with E-state index in [1.165, 1.54) is 0 Å². The Labute approximate surface area is 104 Å². The highest BCUT2D eigenvalue weighted by atomic mass is 32.2. The molecule has 0 aliphatic carbocycles.